The molecule has 1 amide bonds. The first-order valence-corrected chi connectivity index (χ1v) is 27.1. The average Bonchev–Trinajstić information content (AvgIpc) is 3.75. The summed E-state index contributed by atoms with van der Waals surface area (Å²) >= 11 is 1.03. The molecule has 0 aliphatic heterocycles. The average molecular weight is 1080 g/mol. The van der Waals surface area contributed by atoms with Crippen molar-refractivity contribution in [2.75, 3.05) is 48.1 Å². The van der Waals surface area contributed by atoms with Gasteiger partial charge in [0.25, 0.3) is 40.5 Å². The lowest BCUT2D eigenvalue weighted by atomic mass is 10.1. The summed E-state index contributed by atoms with van der Waals surface area (Å²) in [5.74, 6) is -1.07. The monoisotopic (exact) mass is 1080 g/mol. The molecular formula is C44H40N10O13S5. The second-order valence-electron chi connectivity index (χ2n) is 15.1. The van der Waals surface area contributed by atoms with Crippen molar-refractivity contribution in [1.82, 2.24) is 9.97 Å². The number of azo groups is 1. The fourth-order valence-electron chi connectivity index (χ4n) is 6.84. The Bertz CT molecular complexity index is 3780. The highest BCUT2D eigenvalue weighted by atomic mass is 32.2. The van der Waals surface area contributed by atoms with Crippen LogP contribution in [0.15, 0.2) is 128 Å². The van der Waals surface area contributed by atoms with E-state index in [1.165, 1.54) is 73.7 Å². The van der Waals surface area contributed by atoms with Gasteiger partial charge in [0, 0.05) is 40.5 Å². The summed E-state index contributed by atoms with van der Waals surface area (Å²) in [6, 6.07) is 26.9. The van der Waals surface area contributed by atoms with Crippen molar-refractivity contribution in [2.45, 2.75) is 34.3 Å². The number of rotatable bonds is 19. The largest absolute Gasteiger partial charge is 0.339 e. The Morgan fingerprint density at radius 1 is 0.694 bits per heavy atom. The Labute approximate surface area is 417 Å². The summed E-state index contributed by atoms with van der Waals surface area (Å²) in [5, 5.41) is 29.2. The molecule has 7 rings (SSSR count). The number of anilines is 7. The highest BCUT2D eigenvalue weighted by molar-refractivity contribution is 7.87. The maximum Gasteiger partial charge on any atom is 0.297 e. The van der Waals surface area contributed by atoms with Gasteiger partial charge in [-0.2, -0.15) is 38.9 Å². The molecule has 0 atom stereocenters. The van der Waals surface area contributed by atoms with E-state index in [1.54, 1.807) is 37.3 Å². The van der Waals surface area contributed by atoms with Crippen molar-refractivity contribution < 1.29 is 55.6 Å². The lowest BCUT2D eigenvalue weighted by Gasteiger charge is -2.16. The molecule has 5 aromatic carbocycles. The molecule has 0 saturated carbocycles. The van der Waals surface area contributed by atoms with E-state index in [4.69, 9.17) is 9.17 Å². The van der Waals surface area contributed by atoms with Crippen LogP contribution in [0.5, 0.6) is 0 Å². The number of fused-ring (bicyclic) bond motifs is 1. The third-order valence-electron chi connectivity index (χ3n) is 10.2. The molecule has 23 nitrogen and oxygen atoms in total. The van der Waals surface area contributed by atoms with Gasteiger partial charge in [0.05, 0.1) is 42.4 Å². The van der Waals surface area contributed by atoms with Crippen molar-refractivity contribution >= 4 is 119 Å². The molecule has 0 saturated heterocycles. The van der Waals surface area contributed by atoms with Crippen LogP contribution in [0.3, 0.4) is 0 Å². The highest BCUT2D eigenvalue weighted by Gasteiger charge is 2.23. The lowest BCUT2D eigenvalue weighted by Crippen LogP contribution is -2.09. The first-order chi connectivity index (χ1) is 34.0. The smallest absolute Gasteiger partial charge is 0.297 e. The molecule has 0 aliphatic rings. The number of nitriles is 1. The van der Waals surface area contributed by atoms with Crippen molar-refractivity contribution in [2.24, 2.45) is 10.2 Å². The van der Waals surface area contributed by atoms with Gasteiger partial charge in [0.2, 0.25) is 11.0 Å². The Kier molecular flexibility index (Phi) is 15.3. The minimum atomic E-state index is -4.55. The lowest BCUT2D eigenvalue weighted by molar-refractivity contribution is -0.114. The van der Waals surface area contributed by atoms with Gasteiger partial charge in [-0.1, -0.05) is 29.5 Å². The first-order valence-electron chi connectivity index (χ1n) is 20.5. The predicted molar refractivity (Wildman–Crippen MR) is 268 cm³/mol. The van der Waals surface area contributed by atoms with Crippen LogP contribution in [0, 0.1) is 18.3 Å². The van der Waals surface area contributed by atoms with Crippen LogP contribution in [-0.2, 0) is 63.6 Å². The maximum absolute atomic E-state index is 12.9. The van der Waals surface area contributed by atoms with Gasteiger partial charge in [-0.15, -0.1) is 10.2 Å². The van der Waals surface area contributed by atoms with Crippen molar-refractivity contribution in [3.8, 4) is 17.3 Å². The molecule has 2 heterocycles. The van der Waals surface area contributed by atoms with E-state index in [9.17, 15) is 48.3 Å². The van der Waals surface area contributed by atoms with Crippen LogP contribution in [0.25, 0.3) is 22.0 Å². The van der Waals surface area contributed by atoms with E-state index in [2.05, 4.69) is 56.4 Å². The standard InChI is InChI=1S/C44H40N10O13S5/c1-25-37(23-45)41(47-31-10-15-34(16-11-31)70(59,60)65-3)50-42(48-32-12-17-35(18-13-32)71(61,62)66-4)39(25)52-54-44-49-40(28-6-8-30(9-7-28)46-26(2)55)43(68-44)53-51-33-14-19-36-29(22-33)20-27(24-69(56,57)58)21-38(36)72(63,64)67-5/h6-22,51,53H,24H2,1-5H3,(H,46,55)(H2,47,48,50)(H,56,57,58). The Morgan fingerprint density at radius 3 is 1.79 bits per heavy atom. The number of carbonyl (C=O) groups is 1. The number of hydrazine groups is 1. The topological polar surface area (TPSA) is 336 Å². The number of aromatic nitrogens is 2. The summed E-state index contributed by atoms with van der Waals surface area (Å²) in [6.45, 7) is 2.96. The molecule has 0 bridgehead atoms. The minimum Gasteiger partial charge on any atom is -0.339 e. The van der Waals surface area contributed by atoms with Gasteiger partial charge in [-0.3, -0.25) is 27.3 Å². The number of benzene rings is 5. The molecular weight excluding hydrogens is 1040 g/mol. The second kappa shape index (κ2) is 21.1. The number of thiazole rings is 1. The number of hydrogen-bond donors (Lipinski definition) is 6. The minimum absolute atomic E-state index is 0.0206. The summed E-state index contributed by atoms with van der Waals surface area (Å²) in [4.78, 5) is 20.6. The van der Waals surface area contributed by atoms with Gasteiger partial charge >= 0.3 is 0 Å². The predicted octanol–water partition coefficient (Wildman–Crippen LogP) is 8.23. The molecule has 2 aromatic heterocycles. The van der Waals surface area contributed by atoms with Crippen LogP contribution in [-0.4, -0.2) is 75.4 Å². The molecule has 0 radical (unpaired) electrons. The fraction of sp³-hybridized carbons (Fsp3) is 0.136. The fourth-order valence-corrected chi connectivity index (χ4v) is 10.4. The highest BCUT2D eigenvalue weighted by Crippen LogP contribution is 2.41. The van der Waals surface area contributed by atoms with E-state index in [0.29, 0.717) is 39.0 Å². The molecule has 0 fully saturated rings. The number of pyridine rings is 1. The number of nitrogens with one attached hydrogen (secondary N) is 5. The van der Waals surface area contributed by atoms with Gasteiger partial charge in [0.1, 0.15) is 33.1 Å². The second-order valence-corrected chi connectivity index (χ2v) is 22.6. The van der Waals surface area contributed by atoms with Gasteiger partial charge in [-0.25, -0.2) is 9.97 Å². The molecule has 28 heteroatoms. The molecule has 374 valence electrons. The zero-order valence-electron chi connectivity index (χ0n) is 38.1. The number of carbonyl (C=O) groups excluding carboxylic acids is 1. The van der Waals surface area contributed by atoms with Crippen LogP contribution in [0.1, 0.15) is 23.6 Å². The summed E-state index contributed by atoms with van der Waals surface area (Å²) < 4.78 is 122. The zero-order valence-corrected chi connectivity index (χ0v) is 42.2. The molecule has 7 aromatic rings. The summed E-state index contributed by atoms with van der Waals surface area (Å²) in [6.07, 6.45) is 0. The summed E-state index contributed by atoms with van der Waals surface area (Å²) in [5.41, 5.74) is 8.97. The Hall–Kier alpha value is -7.46. The van der Waals surface area contributed by atoms with Crippen molar-refractivity contribution in [1.29, 1.82) is 5.26 Å². The molecule has 72 heavy (non-hydrogen) atoms. The first kappa shape index (κ1) is 52.4. The van der Waals surface area contributed by atoms with E-state index in [1.807, 2.05) is 0 Å². The molecule has 0 aliphatic carbocycles. The van der Waals surface area contributed by atoms with E-state index < -0.39 is 46.2 Å². The maximum atomic E-state index is 12.9. The van der Waals surface area contributed by atoms with Crippen molar-refractivity contribution in [3.05, 3.63) is 120 Å². The number of amides is 1. The van der Waals surface area contributed by atoms with Crippen LogP contribution in [0.4, 0.5) is 50.2 Å². The third kappa shape index (κ3) is 12.2. The van der Waals surface area contributed by atoms with E-state index in [-0.39, 0.29) is 70.5 Å². The van der Waals surface area contributed by atoms with Crippen LogP contribution >= 0.6 is 11.3 Å². The SMILES string of the molecule is COS(=O)(=O)c1ccc(Nc2nc(Nc3ccc(S(=O)(=O)OC)cc3)c(N=Nc3nc(-c4ccc(NC(C)=O)cc4)c(NNc4ccc5c(S(=O)(=O)OC)cc(CS(=O)(=O)O)cc5c4)s3)c(C)c2C#N)cc1. The quantitative estimate of drug-likeness (QED) is 0.0192. The van der Waals surface area contributed by atoms with Gasteiger partial charge in [0.15, 0.2) is 11.6 Å². The molecule has 6 N–H and O–H groups in total. The number of hydrogen-bond acceptors (Lipinski definition) is 22. The van der Waals surface area contributed by atoms with Crippen LogP contribution < -0.4 is 26.8 Å². The van der Waals surface area contributed by atoms with Gasteiger partial charge < -0.3 is 21.4 Å². The Morgan fingerprint density at radius 2 is 1.25 bits per heavy atom. The van der Waals surface area contributed by atoms with E-state index in [0.717, 1.165) is 38.7 Å². The normalized spacial score (nSPS) is 12.1. The summed E-state index contributed by atoms with van der Waals surface area (Å²) in [7, 11) is -13.9. The number of nitrogens with zero attached hydrogens (tertiary/aromatic N) is 5. The van der Waals surface area contributed by atoms with Gasteiger partial charge in [-0.05, 0) is 103 Å². The zero-order chi connectivity index (χ0) is 52.2. The van der Waals surface area contributed by atoms with E-state index >= 15 is 0 Å². The molecule has 0 unspecified atom stereocenters. The molecule has 0 spiro atoms. The third-order valence-corrected chi connectivity index (χ3v) is 15.7. The Balaban J connectivity index is 1.29. The van der Waals surface area contributed by atoms with Crippen molar-refractivity contribution in [3.63, 3.8) is 0 Å². The van der Waals surface area contributed by atoms with Crippen LogP contribution in [0.2, 0.25) is 0 Å².